The minimum absolute atomic E-state index is 0.693. The summed E-state index contributed by atoms with van der Waals surface area (Å²) in [7, 11) is 4.09. The number of nitrogens with zero attached hydrogens (tertiary/aromatic N) is 4. The van der Waals surface area contributed by atoms with E-state index < -0.39 is 0 Å². The number of rotatable bonds is 1. The zero-order valence-corrected chi connectivity index (χ0v) is 9.33. The van der Waals surface area contributed by atoms with Gasteiger partial charge in [-0.1, -0.05) is 11.6 Å². The van der Waals surface area contributed by atoms with Crippen LogP contribution in [0.4, 0.5) is 5.95 Å². The molecule has 1 aliphatic rings. The second-order valence-electron chi connectivity index (χ2n) is 3.73. The summed E-state index contributed by atoms with van der Waals surface area (Å²) in [6.45, 7) is 4.23. The molecule has 1 aromatic rings. The summed E-state index contributed by atoms with van der Waals surface area (Å²) in [6.07, 6.45) is 1.70. The van der Waals surface area contributed by atoms with Gasteiger partial charge in [0.1, 0.15) is 5.15 Å². The van der Waals surface area contributed by atoms with Gasteiger partial charge in [0.15, 0.2) is 0 Å². The van der Waals surface area contributed by atoms with E-state index in [0.717, 1.165) is 32.1 Å². The number of halogens is 1. The summed E-state index contributed by atoms with van der Waals surface area (Å²) >= 11 is 5.94. The van der Waals surface area contributed by atoms with E-state index in [9.17, 15) is 0 Å². The van der Waals surface area contributed by atoms with Crippen molar-refractivity contribution in [2.45, 2.75) is 0 Å². The molecular weight excluding hydrogens is 200 g/mol. The first-order valence-electron chi connectivity index (χ1n) is 4.79. The summed E-state index contributed by atoms with van der Waals surface area (Å²) in [4.78, 5) is 8.89. The molecular formula is C9H15ClN4. The maximum Gasteiger partial charge on any atom is 0.206 e. The van der Waals surface area contributed by atoms with Crippen molar-refractivity contribution in [3.63, 3.8) is 0 Å². The molecule has 1 fully saturated rings. The van der Waals surface area contributed by atoms with E-state index in [2.05, 4.69) is 21.8 Å². The van der Waals surface area contributed by atoms with Gasteiger partial charge in [-0.25, -0.2) is 4.98 Å². The Labute approximate surface area is 89.1 Å². The second kappa shape index (κ2) is 3.79. The quantitative estimate of drug-likeness (QED) is 0.692. The fraction of sp³-hybridized carbons (Fsp3) is 0.667. The first-order chi connectivity index (χ1) is 6.68. The Morgan fingerprint density at radius 3 is 2.36 bits per heavy atom. The predicted octanol–water partition coefficient (Wildman–Crippen LogP) is 0.825. The van der Waals surface area contributed by atoms with Gasteiger partial charge in [0.25, 0.3) is 0 Å². The van der Waals surface area contributed by atoms with Crippen LogP contribution in [0.25, 0.3) is 0 Å². The number of piperazine rings is 1. The van der Waals surface area contributed by atoms with Crippen molar-refractivity contribution < 1.29 is 0 Å². The Morgan fingerprint density at radius 2 is 1.86 bits per heavy atom. The van der Waals surface area contributed by atoms with Crippen LogP contribution in [0, 0.1) is 0 Å². The second-order valence-corrected chi connectivity index (χ2v) is 4.12. The Bertz CT molecular complexity index is 315. The van der Waals surface area contributed by atoms with Crippen LogP contribution in [0.2, 0.25) is 5.15 Å². The first-order valence-corrected chi connectivity index (χ1v) is 5.17. The monoisotopic (exact) mass is 214 g/mol. The van der Waals surface area contributed by atoms with Crippen LogP contribution in [-0.2, 0) is 7.05 Å². The van der Waals surface area contributed by atoms with Crippen LogP contribution in [0.5, 0.6) is 0 Å². The van der Waals surface area contributed by atoms with E-state index in [0.29, 0.717) is 5.15 Å². The van der Waals surface area contributed by atoms with Crippen LogP contribution >= 0.6 is 11.6 Å². The summed E-state index contributed by atoms with van der Waals surface area (Å²) in [5, 5.41) is 0.693. The highest BCUT2D eigenvalue weighted by molar-refractivity contribution is 6.29. The average molecular weight is 215 g/mol. The third kappa shape index (κ3) is 1.72. The zero-order chi connectivity index (χ0) is 10.1. The molecule has 0 saturated carbocycles. The fourth-order valence-electron chi connectivity index (χ4n) is 1.68. The number of anilines is 1. The molecule has 2 rings (SSSR count). The average Bonchev–Trinajstić information content (AvgIpc) is 2.50. The van der Waals surface area contributed by atoms with E-state index in [1.807, 2.05) is 11.6 Å². The molecule has 5 heteroatoms. The van der Waals surface area contributed by atoms with Crippen LogP contribution in [-0.4, -0.2) is 47.7 Å². The highest BCUT2D eigenvalue weighted by Crippen LogP contribution is 2.18. The normalized spacial score (nSPS) is 18.9. The molecule has 14 heavy (non-hydrogen) atoms. The van der Waals surface area contributed by atoms with Crippen LogP contribution in [0.1, 0.15) is 0 Å². The zero-order valence-electron chi connectivity index (χ0n) is 8.57. The maximum atomic E-state index is 5.94. The lowest BCUT2D eigenvalue weighted by molar-refractivity contribution is 0.310. The van der Waals surface area contributed by atoms with Gasteiger partial charge < -0.3 is 14.4 Å². The van der Waals surface area contributed by atoms with E-state index in [1.165, 1.54) is 0 Å². The maximum absolute atomic E-state index is 5.94. The molecule has 0 aliphatic carbocycles. The number of aromatic nitrogens is 2. The van der Waals surface area contributed by atoms with Gasteiger partial charge in [-0.05, 0) is 7.05 Å². The molecule has 4 nitrogen and oxygen atoms in total. The molecule has 0 atom stereocenters. The van der Waals surface area contributed by atoms with E-state index in [1.54, 1.807) is 6.20 Å². The van der Waals surface area contributed by atoms with Crippen molar-refractivity contribution in [1.82, 2.24) is 14.5 Å². The van der Waals surface area contributed by atoms with Crippen molar-refractivity contribution in [3.05, 3.63) is 11.3 Å². The van der Waals surface area contributed by atoms with Gasteiger partial charge in [0.2, 0.25) is 5.95 Å². The van der Waals surface area contributed by atoms with Crippen molar-refractivity contribution >= 4 is 17.5 Å². The molecule has 2 heterocycles. The van der Waals surface area contributed by atoms with Gasteiger partial charge in [0.05, 0.1) is 6.20 Å². The number of hydrogen-bond donors (Lipinski definition) is 0. The molecule has 0 bridgehead atoms. The molecule has 0 radical (unpaired) electrons. The third-order valence-electron chi connectivity index (χ3n) is 2.69. The number of likely N-dealkylation sites (N-methyl/N-ethyl adjacent to an activating group) is 1. The van der Waals surface area contributed by atoms with Gasteiger partial charge in [-0.15, -0.1) is 0 Å². The van der Waals surface area contributed by atoms with Gasteiger partial charge in [-0.3, -0.25) is 0 Å². The minimum atomic E-state index is 0.693. The smallest absolute Gasteiger partial charge is 0.206 e. The lowest BCUT2D eigenvalue weighted by Gasteiger charge is -2.32. The number of imidazole rings is 1. The Kier molecular flexibility index (Phi) is 2.65. The van der Waals surface area contributed by atoms with Crippen molar-refractivity contribution in [3.8, 4) is 0 Å². The Hall–Kier alpha value is -0.740. The first kappa shape index (κ1) is 9.80. The summed E-state index contributed by atoms with van der Waals surface area (Å²) in [5.41, 5.74) is 0. The SMILES string of the molecule is CN1CCN(c2ncc(Cl)n2C)CC1. The van der Waals surface area contributed by atoms with E-state index in [4.69, 9.17) is 11.6 Å². The molecule has 1 aromatic heterocycles. The Balaban J connectivity index is 2.12. The van der Waals surface area contributed by atoms with Crippen molar-refractivity contribution in [1.29, 1.82) is 0 Å². The standard InChI is InChI=1S/C9H15ClN4/c1-12-3-5-14(6-4-12)9-11-7-8(10)13(9)2/h7H,3-6H2,1-2H3. The van der Waals surface area contributed by atoms with Crippen LogP contribution in [0.15, 0.2) is 6.20 Å². The molecule has 0 N–H and O–H groups in total. The molecule has 0 spiro atoms. The molecule has 1 saturated heterocycles. The third-order valence-corrected chi connectivity index (χ3v) is 3.04. The van der Waals surface area contributed by atoms with E-state index in [-0.39, 0.29) is 0 Å². The van der Waals surface area contributed by atoms with Crippen molar-refractivity contribution in [2.75, 3.05) is 38.1 Å². The van der Waals surface area contributed by atoms with Crippen molar-refractivity contribution in [2.24, 2.45) is 7.05 Å². The van der Waals surface area contributed by atoms with E-state index >= 15 is 0 Å². The molecule has 78 valence electrons. The molecule has 0 aromatic carbocycles. The minimum Gasteiger partial charge on any atom is -0.340 e. The van der Waals surface area contributed by atoms with Gasteiger partial charge in [0, 0.05) is 33.2 Å². The summed E-state index contributed by atoms with van der Waals surface area (Å²) in [6, 6.07) is 0. The topological polar surface area (TPSA) is 24.3 Å². The molecule has 0 amide bonds. The molecule has 0 unspecified atom stereocenters. The summed E-state index contributed by atoms with van der Waals surface area (Å²) in [5.74, 6) is 0.975. The fourth-order valence-corrected chi connectivity index (χ4v) is 1.80. The highest BCUT2D eigenvalue weighted by atomic mass is 35.5. The predicted molar refractivity (Wildman–Crippen MR) is 57.9 cm³/mol. The van der Waals surface area contributed by atoms with Gasteiger partial charge >= 0.3 is 0 Å². The lowest BCUT2D eigenvalue weighted by Crippen LogP contribution is -2.45. The van der Waals surface area contributed by atoms with Gasteiger partial charge in [-0.2, -0.15) is 0 Å². The number of hydrogen-bond acceptors (Lipinski definition) is 3. The largest absolute Gasteiger partial charge is 0.340 e. The molecule has 1 aliphatic heterocycles. The summed E-state index contributed by atoms with van der Waals surface area (Å²) < 4.78 is 1.92. The van der Waals surface area contributed by atoms with Crippen LogP contribution < -0.4 is 4.90 Å². The van der Waals surface area contributed by atoms with Crippen LogP contribution in [0.3, 0.4) is 0 Å². The Morgan fingerprint density at radius 1 is 1.21 bits per heavy atom. The lowest BCUT2D eigenvalue weighted by atomic mass is 10.3. The highest BCUT2D eigenvalue weighted by Gasteiger charge is 2.18.